The summed E-state index contributed by atoms with van der Waals surface area (Å²) in [6, 6.07) is 3.98. The summed E-state index contributed by atoms with van der Waals surface area (Å²) in [5.74, 6) is 1.53. The van der Waals surface area contributed by atoms with Gasteiger partial charge in [-0.2, -0.15) is 0 Å². The highest BCUT2D eigenvalue weighted by molar-refractivity contribution is 5.47. The molecule has 0 fully saturated rings. The van der Waals surface area contributed by atoms with Gasteiger partial charge in [-0.05, 0) is 43.3 Å². The van der Waals surface area contributed by atoms with Gasteiger partial charge in [0.15, 0.2) is 11.5 Å². The number of hydrogen-bond donors (Lipinski definition) is 0. The van der Waals surface area contributed by atoms with Gasteiger partial charge in [0, 0.05) is 6.54 Å². The SMILES string of the molecule is C=NCCc1cc(OC)c(OC)cc1C. The Hall–Kier alpha value is -1.51. The molecule has 0 aliphatic heterocycles. The minimum absolute atomic E-state index is 0.732. The Balaban J connectivity index is 3.02. The van der Waals surface area contributed by atoms with Crippen LogP contribution in [0.4, 0.5) is 0 Å². The lowest BCUT2D eigenvalue weighted by molar-refractivity contribution is 0.354. The van der Waals surface area contributed by atoms with Crippen LogP contribution in [0.5, 0.6) is 11.5 Å². The molecule has 0 aliphatic rings. The van der Waals surface area contributed by atoms with Crippen LogP contribution in [0.25, 0.3) is 0 Å². The van der Waals surface area contributed by atoms with Gasteiger partial charge in [-0.15, -0.1) is 0 Å². The van der Waals surface area contributed by atoms with Gasteiger partial charge >= 0.3 is 0 Å². The Morgan fingerprint density at radius 1 is 1.20 bits per heavy atom. The lowest BCUT2D eigenvalue weighted by atomic mass is 10.0. The molecule has 0 radical (unpaired) electrons. The molecule has 0 N–H and O–H groups in total. The highest BCUT2D eigenvalue weighted by atomic mass is 16.5. The molecule has 0 amide bonds. The summed E-state index contributed by atoms with van der Waals surface area (Å²) < 4.78 is 10.5. The number of nitrogens with zero attached hydrogens (tertiary/aromatic N) is 1. The molecule has 0 aliphatic carbocycles. The van der Waals surface area contributed by atoms with Crippen LogP contribution in [0.3, 0.4) is 0 Å². The summed E-state index contributed by atoms with van der Waals surface area (Å²) in [6.07, 6.45) is 0.885. The molecule has 1 aromatic carbocycles. The fourth-order valence-electron chi connectivity index (χ4n) is 1.49. The molecule has 3 heteroatoms. The quantitative estimate of drug-likeness (QED) is 0.693. The fourth-order valence-corrected chi connectivity index (χ4v) is 1.49. The van der Waals surface area contributed by atoms with Crippen LogP contribution < -0.4 is 9.47 Å². The number of methoxy groups -OCH3 is 2. The van der Waals surface area contributed by atoms with Gasteiger partial charge < -0.3 is 14.5 Å². The molecule has 0 aromatic heterocycles. The highest BCUT2D eigenvalue weighted by Crippen LogP contribution is 2.30. The van der Waals surface area contributed by atoms with Crippen molar-refractivity contribution in [3.8, 4) is 11.5 Å². The minimum atomic E-state index is 0.732. The van der Waals surface area contributed by atoms with E-state index in [4.69, 9.17) is 9.47 Å². The van der Waals surface area contributed by atoms with Crippen molar-refractivity contribution in [1.29, 1.82) is 0 Å². The third-order valence-corrected chi connectivity index (χ3v) is 2.38. The summed E-state index contributed by atoms with van der Waals surface area (Å²) in [7, 11) is 3.28. The van der Waals surface area contributed by atoms with E-state index in [0.29, 0.717) is 0 Å². The maximum atomic E-state index is 5.24. The number of aryl methyl sites for hydroxylation is 1. The number of rotatable bonds is 5. The molecule has 1 rings (SSSR count). The average Bonchev–Trinajstić information content (AvgIpc) is 2.27. The number of aliphatic imine (C=N–C) groups is 1. The van der Waals surface area contributed by atoms with Gasteiger partial charge in [0.2, 0.25) is 0 Å². The summed E-state index contributed by atoms with van der Waals surface area (Å²) in [5, 5.41) is 0. The number of ether oxygens (including phenoxy) is 2. The second-order valence-corrected chi connectivity index (χ2v) is 3.33. The molecule has 0 atom stereocenters. The molecule has 1 aromatic rings. The second-order valence-electron chi connectivity index (χ2n) is 3.33. The molecule has 0 saturated heterocycles. The smallest absolute Gasteiger partial charge is 0.161 e. The molecule has 0 heterocycles. The Morgan fingerprint density at radius 2 is 1.80 bits per heavy atom. The lowest BCUT2D eigenvalue weighted by Crippen LogP contribution is -1.97. The first-order valence-electron chi connectivity index (χ1n) is 4.87. The van der Waals surface area contributed by atoms with Crippen LogP contribution in [0, 0.1) is 6.92 Å². The van der Waals surface area contributed by atoms with E-state index in [1.165, 1.54) is 11.1 Å². The molecule has 0 saturated carbocycles. The maximum Gasteiger partial charge on any atom is 0.161 e. The van der Waals surface area contributed by atoms with Crippen LogP contribution in [-0.4, -0.2) is 27.5 Å². The summed E-state index contributed by atoms with van der Waals surface area (Å²) in [6.45, 7) is 6.26. The van der Waals surface area contributed by atoms with Crippen LogP contribution in [-0.2, 0) is 6.42 Å². The van der Waals surface area contributed by atoms with E-state index in [9.17, 15) is 0 Å². The van der Waals surface area contributed by atoms with Crippen molar-refractivity contribution in [2.45, 2.75) is 13.3 Å². The average molecular weight is 207 g/mol. The zero-order chi connectivity index (χ0) is 11.3. The van der Waals surface area contributed by atoms with Gasteiger partial charge in [-0.3, -0.25) is 0 Å². The molecule has 15 heavy (non-hydrogen) atoms. The van der Waals surface area contributed by atoms with E-state index in [1.807, 2.05) is 12.1 Å². The van der Waals surface area contributed by atoms with E-state index < -0.39 is 0 Å². The first-order valence-corrected chi connectivity index (χ1v) is 4.87. The monoisotopic (exact) mass is 207 g/mol. The zero-order valence-electron chi connectivity index (χ0n) is 9.54. The number of benzene rings is 1. The van der Waals surface area contributed by atoms with Crippen molar-refractivity contribution < 1.29 is 9.47 Å². The minimum Gasteiger partial charge on any atom is -0.493 e. The van der Waals surface area contributed by atoms with Crippen LogP contribution in [0.2, 0.25) is 0 Å². The second kappa shape index (κ2) is 5.39. The lowest BCUT2D eigenvalue weighted by Gasteiger charge is -2.11. The van der Waals surface area contributed by atoms with Crippen LogP contribution in [0.15, 0.2) is 17.1 Å². The van der Waals surface area contributed by atoms with Gasteiger partial charge in [0.05, 0.1) is 14.2 Å². The highest BCUT2D eigenvalue weighted by Gasteiger charge is 2.07. The first-order chi connectivity index (χ1) is 7.22. The Morgan fingerprint density at radius 3 is 2.33 bits per heavy atom. The van der Waals surface area contributed by atoms with Crippen molar-refractivity contribution in [1.82, 2.24) is 0 Å². The molecule has 0 spiro atoms. The summed E-state index contributed by atoms with van der Waals surface area (Å²) >= 11 is 0. The predicted molar refractivity (Wildman–Crippen MR) is 62.4 cm³/mol. The van der Waals surface area contributed by atoms with Crippen molar-refractivity contribution in [3.05, 3.63) is 23.3 Å². The van der Waals surface area contributed by atoms with Crippen LogP contribution in [0.1, 0.15) is 11.1 Å². The topological polar surface area (TPSA) is 30.8 Å². The fraction of sp³-hybridized carbons (Fsp3) is 0.417. The molecule has 3 nitrogen and oxygen atoms in total. The standard InChI is InChI=1S/C12H17NO2/c1-9-7-11(14-3)12(15-4)8-10(9)5-6-13-2/h7-8H,2,5-6H2,1,3-4H3. The molecule has 0 bridgehead atoms. The summed E-state index contributed by atoms with van der Waals surface area (Å²) in [4.78, 5) is 3.85. The largest absolute Gasteiger partial charge is 0.493 e. The van der Waals surface area contributed by atoms with E-state index in [0.717, 1.165) is 24.5 Å². The Bertz CT molecular complexity index is 348. The first kappa shape index (κ1) is 11.6. The van der Waals surface area contributed by atoms with E-state index in [1.54, 1.807) is 14.2 Å². The molecule has 0 unspecified atom stereocenters. The maximum absolute atomic E-state index is 5.24. The van der Waals surface area contributed by atoms with E-state index in [-0.39, 0.29) is 0 Å². The van der Waals surface area contributed by atoms with Crippen molar-refractivity contribution >= 4 is 6.72 Å². The Kier molecular flexibility index (Phi) is 4.16. The third-order valence-electron chi connectivity index (χ3n) is 2.38. The molecular formula is C12H17NO2. The van der Waals surface area contributed by atoms with Crippen molar-refractivity contribution in [2.24, 2.45) is 4.99 Å². The van der Waals surface area contributed by atoms with Gasteiger partial charge in [0.25, 0.3) is 0 Å². The third kappa shape index (κ3) is 2.72. The van der Waals surface area contributed by atoms with Crippen molar-refractivity contribution in [2.75, 3.05) is 20.8 Å². The molecule has 82 valence electrons. The van der Waals surface area contributed by atoms with Gasteiger partial charge in [-0.1, -0.05) is 0 Å². The normalized spacial score (nSPS) is 9.80. The van der Waals surface area contributed by atoms with Crippen LogP contribution >= 0.6 is 0 Å². The molecular weight excluding hydrogens is 190 g/mol. The summed E-state index contributed by atoms with van der Waals surface area (Å²) in [5.41, 5.74) is 2.41. The van der Waals surface area contributed by atoms with E-state index >= 15 is 0 Å². The Labute approximate surface area is 90.7 Å². The van der Waals surface area contributed by atoms with Gasteiger partial charge in [0.1, 0.15) is 0 Å². The predicted octanol–water partition coefficient (Wildman–Crippen LogP) is 2.26. The number of hydrogen-bond acceptors (Lipinski definition) is 3. The van der Waals surface area contributed by atoms with E-state index in [2.05, 4.69) is 18.6 Å². The van der Waals surface area contributed by atoms with Gasteiger partial charge in [-0.25, -0.2) is 0 Å². The zero-order valence-corrected chi connectivity index (χ0v) is 9.54. The van der Waals surface area contributed by atoms with Crippen molar-refractivity contribution in [3.63, 3.8) is 0 Å².